The molecular weight excluding hydrogens is 208 g/mol. The number of carbonyl (C=O) groups is 1. The van der Waals surface area contributed by atoms with Gasteiger partial charge in [0.25, 0.3) is 0 Å². The molecule has 0 radical (unpaired) electrons. The molecule has 16 heavy (non-hydrogen) atoms. The average Bonchev–Trinajstić information content (AvgIpc) is 2.26. The Morgan fingerprint density at radius 3 is 2.44 bits per heavy atom. The molecule has 0 atom stereocenters. The predicted octanol–water partition coefficient (Wildman–Crippen LogP) is 2.08. The van der Waals surface area contributed by atoms with Gasteiger partial charge in [0.2, 0.25) is 0 Å². The van der Waals surface area contributed by atoms with Crippen molar-refractivity contribution in [2.45, 2.75) is 20.5 Å². The minimum Gasteiger partial charge on any atom is -0.496 e. The van der Waals surface area contributed by atoms with Crippen molar-refractivity contribution in [3.63, 3.8) is 0 Å². The lowest BCUT2D eigenvalue weighted by molar-refractivity contribution is -0.142. The number of benzene rings is 1. The van der Waals surface area contributed by atoms with Gasteiger partial charge in [-0.1, -0.05) is 0 Å². The number of esters is 1. The highest BCUT2D eigenvalue weighted by Crippen LogP contribution is 2.31. The van der Waals surface area contributed by atoms with Crippen LogP contribution in [0, 0.1) is 6.92 Å². The van der Waals surface area contributed by atoms with E-state index in [1.807, 2.05) is 19.1 Å². The molecule has 0 bridgehead atoms. The monoisotopic (exact) mass is 224 g/mol. The van der Waals surface area contributed by atoms with E-state index in [1.165, 1.54) is 6.92 Å². The summed E-state index contributed by atoms with van der Waals surface area (Å²) in [5.74, 6) is 1.14. The third-order valence-electron chi connectivity index (χ3n) is 2.29. The van der Waals surface area contributed by atoms with Crippen LogP contribution in [0.15, 0.2) is 12.1 Å². The van der Waals surface area contributed by atoms with Gasteiger partial charge in [-0.3, -0.25) is 4.79 Å². The van der Waals surface area contributed by atoms with Crippen LogP contribution in [-0.2, 0) is 16.1 Å². The number of hydrogen-bond acceptors (Lipinski definition) is 4. The first-order valence-electron chi connectivity index (χ1n) is 4.94. The molecule has 88 valence electrons. The van der Waals surface area contributed by atoms with E-state index in [9.17, 15) is 4.79 Å². The lowest BCUT2D eigenvalue weighted by Gasteiger charge is -2.14. The Morgan fingerprint density at radius 2 is 1.94 bits per heavy atom. The van der Waals surface area contributed by atoms with Gasteiger partial charge in [-0.05, 0) is 19.1 Å². The Bertz CT molecular complexity index is 385. The third-order valence-corrected chi connectivity index (χ3v) is 2.29. The summed E-state index contributed by atoms with van der Waals surface area (Å²) in [6.45, 7) is 3.49. The van der Waals surface area contributed by atoms with Crippen molar-refractivity contribution < 1.29 is 19.0 Å². The van der Waals surface area contributed by atoms with Crippen LogP contribution >= 0.6 is 0 Å². The zero-order valence-electron chi connectivity index (χ0n) is 9.99. The van der Waals surface area contributed by atoms with Crippen molar-refractivity contribution >= 4 is 5.97 Å². The summed E-state index contributed by atoms with van der Waals surface area (Å²) in [5, 5.41) is 0. The van der Waals surface area contributed by atoms with Gasteiger partial charge in [0, 0.05) is 18.1 Å². The minimum absolute atomic E-state index is 0.212. The first-order valence-corrected chi connectivity index (χ1v) is 4.94. The summed E-state index contributed by atoms with van der Waals surface area (Å²) >= 11 is 0. The molecule has 1 aromatic carbocycles. The molecule has 0 unspecified atom stereocenters. The maximum Gasteiger partial charge on any atom is 0.302 e. The number of hydrogen-bond donors (Lipinski definition) is 0. The van der Waals surface area contributed by atoms with E-state index in [0.717, 1.165) is 16.9 Å². The van der Waals surface area contributed by atoms with Crippen LogP contribution < -0.4 is 9.47 Å². The van der Waals surface area contributed by atoms with E-state index in [2.05, 4.69) is 0 Å². The fourth-order valence-corrected chi connectivity index (χ4v) is 1.53. The summed E-state index contributed by atoms with van der Waals surface area (Å²) in [4.78, 5) is 10.7. The van der Waals surface area contributed by atoms with Crippen LogP contribution in [0.2, 0.25) is 0 Å². The summed E-state index contributed by atoms with van der Waals surface area (Å²) in [6.07, 6.45) is 0. The van der Waals surface area contributed by atoms with Gasteiger partial charge in [0.1, 0.15) is 18.1 Å². The average molecular weight is 224 g/mol. The van der Waals surface area contributed by atoms with Crippen molar-refractivity contribution in [2.75, 3.05) is 14.2 Å². The SMILES string of the molecule is COc1ccc(COC(C)=O)c(OC)c1C. The lowest BCUT2D eigenvalue weighted by atomic mass is 10.1. The fraction of sp³-hybridized carbons (Fsp3) is 0.417. The molecule has 0 spiro atoms. The van der Waals surface area contributed by atoms with E-state index in [0.29, 0.717) is 5.75 Å². The van der Waals surface area contributed by atoms with Crippen molar-refractivity contribution in [1.29, 1.82) is 0 Å². The number of carbonyl (C=O) groups excluding carboxylic acids is 1. The van der Waals surface area contributed by atoms with E-state index in [4.69, 9.17) is 14.2 Å². The topological polar surface area (TPSA) is 44.8 Å². The molecule has 0 fully saturated rings. The van der Waals surface area contributed by atoms with E-state index < -0.39 is 0 Å². The Balaban J connectivity index is 3.01. The molecular formula is C12H16O4. The van der Waals surface area contributed by atoms with E-state index >= 15 is 0 Å². The van der Waals surface area contributed by atoms with Gasteiger partial charge < -0.3 is 14.2 Å². The second-order valence-electron chi connectivity index (χ2n) is 3.37. The molecule has 0 amide bonds. The molecule has 0 aliphatic heterocycles. The van der Waals surface area contributed by atoms with Gasteiger partial charge in [0.15, 0.2) is 0 Å². The molecule has 0 saturated carbocycles. The smallest absolute Gasteiger partial charge is 0.302 e. The largest absolute Gasteiger partial charge is 0.496 e. The Hall–Kier alpha value is -1.71. The summed E-state index contributed by atoms with van der Waals surface area (Å²) < 4.78 is 15.4. The molecule has 4 nitrogen and oxygen atoms in total. The molecule has 1 rings (SSSR count). The molecule has 0 aliphatic rings. The fourth-order valence-electron chi connectivity index (χ4n) is 1.53. The van der Waals surface area contributed by atoms with Crippen LogP contribution in [0.1, 0.15) is 18.1 Å². The second-order valence-corrected chi connectivity index (χ2v) is 3.37. The summed E-state index contributed by atoms with van der Waals surface area (Å²) in [6, 6.07) is 3.66. The molecule has 0 N–H and O–H groups in total. The maximum atomic E-state index is 10.7. The van der Waals surface area contributed by atoms with Gasteiger partial charge >= 0.3 is 5.97 Å². The van der Waals surface area contributed by atoms with Crippen LogP contribution in [0.5, 0.6) is 11.5 Å². The second kappa shape index (κ2) is 5.39. The Labute approximate surface area is 95.1 Å². The molecule has 0 aliphatic carbocycles. The molecule has 0 aromatic heterocycles. The molecule has 0 saturated heterocycles. The van der Waals surface area contributed by atoms with Crippen molar-refractivity contribution in [1.82, 2.24) is 0 Å². The van der Waals surface area contributed by atoms with Crippen LogP contribution in [0.3, 0.4) is 0 Å². The van der Waals surface area contributed by atoms with Crippen LogP contribution in [0.4, 0.5) is 0 Å². The minimum atomic E-state index is -0.310. The number of ether oxygens (including phenoxy) is 3. The van der Waals surface area contributed by atoms with Crippen molar-refractivity contribution in [2.24, 2.45) is 0 Å². The van der Waals surface area contributed by atoms with Crippen LogP contribution in [0.25, 0.3) is 0 Å². The van der Waals surface area contributed by atoms with E-state index in [1.54, 1.807) is 14.2 Å². The van der Waals surface area contributed by atoms with Crippen molar-refractivity contribution in [3.8, 4) is 11.5 Å². The first-order chi connectivity index (χ1) is 7.60. The third kappa shape index (κ3) is 2.66. The molecule has 0 heterocycles. The molecule has 1 aromatic rings. The lowest BCUT2D eigenvalue weighted by Crippen LogP contribution is -2.02. The number of rotatable bonds is 4. The van der Waals surface area contributed by atoms with Gasteiger partial charge in [0.05, 0.1) is 14.2 Å². The van der Waals surface area contributed by atoms with Gasteiger partial charge in [-0.25, -0.2) is 0 Å². The van der Waals surface area contributed by atoms with Gasteiger partial charge in [-0.2, -0.15) is 0 Å². The van der Waals surface area contributed by atoms with E-state index in [-0.39, 0.29) is 12.6 Å². The summed E-state index contributed by atoms with van der Waals surface area (Å²) in [5.41, 5.74) is 1.73. The standard InChI is InChI=1S/C12H16O4/c1-8-11(14-3)6-5-10(12(8)15-4)7-16-9(2)13/h5-6H,7H2,1-4H3. The highest BCUT2D eigenvalue weighted by molar-refractivity contribution is 5.66. The summed E-state index contributed by atoms with van der Waals surface area (Å²) in [7, 11) is 3.19. The highest BCUT2D eigenvalue weighted by atomic mass is 16.5. The quantitative estimate of drug-likeness (QED) is 0.734. The van der Waals surface area contributed by atoms with Crippen LogP contribution in [-0.4, -0.2) is 20.2 Å². The first kappa shape index (κ1) is 12.4. The zero-order valence-corrected chi connectivity index (χ0v) is 9.99. The predicted molar refractivity (Wildman–Crippen MR) is 59.8 cm³/mol. The Morgan fingerprint density at radius 1 is 1.25 bits per heavy atom. The van der Waals surface area contributed by atoms with Gasteiger partial charge in [-0.15, -0.1) is 0 Å². The maximum absolute atomic E-state index is 10.7. The Kier molecular flexibility index (Phi) is 4.17. The highest BCUT2D eigenvalue weighted by Gasteiger charge is 2.11. The normalized spacial score (nSPS) is 9.75. The number of methoxy groups -OCH3 is 2. The molecule has 4 heteroatoms. The van der Waals surface area contributed by atoms with Crippen molar-refractivity contribution in [3.05, 3.63) is 23.3 Å². The zero-order chi connectivity index (χ0) is 12.1.